The number of nitrogens with one attached hydrogen (secondary N) is 1. The lowest BCUT2D eigenvalue weighted by Crippen LogP contribution is -1.98. The molecule has 0 aliphatic rings. The highest BCUT2D eigenvalue weighted by molar-refractivity contribution is 7.90. The maximum atomic E-state index is 11.6. The topological polar surface area (TPSA) is 94.1 Å². The summed E-state index contributed by atoms with van der Waals surface area (Å²) in [7, 11) is -1.66. The maximum absolute atomic E-state index is 11.6. The molecule has 0 fully saturated rings. The molecule has 0 atom stereocenters. The monoisotopic (exact) mass is 430 g/mol. The van der Waals surface area contributed by atoms with E-state index in [1.165, 1.54) is 6.26 Å². The fraction of sp³-hybridized carbons (Fsp3) is 0.0870. The van der Waals surface area contributed by atoms with Crippen molar-refractivity contribution in [2.24, 2.45) is 0 Å². The van der Waals surface area contributed by atoms with E-state index in [2.05, 4.69) is 32.1 Å². The molecule has 8 heteroatoms. The lowest BCUT2D eigenvalue weighted by Gasteiger charge is -2.08. The highest BCUT2D eigenvalue weighted by Gasteiger charge is 2.07. The van der Waals surface area contributed by atoms with Crippen molar-refractivity contribution in [1.82, 2.24) is 15.0 Å². The van der Waals surface area contributed by atoms with Crippen LogP contribution in [0.1, 0.15) is 11.3 Å². The number of methoxy groups -OCH3 is 1. The molecule has 1 aromatic carbocycles. The van der Waals surface area contributed by atoms with Gasteiger partial charge in [-0.25, -0.2) is 18.4 Å². The smallest absolute Gasteiger partial charge is 0.175 e. The van der Waals surface area contributed by atoms with Crippen LogP contribution in [-0.4, -0.2) is 36.7 Å². The van der Waals surface area contributed by atoms with E-state index < -0.39 is 9.84 Å². The summed E-state index contributed by atoms with van der Waals surface area (Å²) in [5, 5.41) is 4.93. The Bertz CT molecular complexity index is 1420. The number of anilines is 2. The minimum atomic E-state index is -3.24. The number of fused-ring (bicyclic) bond motifs is 1. The number of pyridine rings is 3. The highest BCUT2D eigenvalue weighted by atomic mass is 32.2. The Morgan fingerprint density at radius 1 is 0.968 bits per heavy atom. The van der Waals surface area contributed by atoms with Crippen LogP contribution in [0.3, 0.4) is 0 Å². The summed E-state index contributed by atoms with van der Waals surface area (Å²) in [6, 6.07) is 12.0. The summed E-state index contributed by atoms with van der Waals surface area (Å²) in [5.74, 6) is 7.39. The maximum Gasteiger partial charge on any atom is 0.175 e. The summed E-state index contributed by atoms with van der Waals surface area (Å²) in [6.45, 7) is 0. The van der Waals surface area contributed by atoms with Gasteiger partial charge < -0.3 is 10.1 Å². The molecule has 4 rings (SSSR count). The molecule has 0 aliphatic carbocycles. The summed E-state index contributed by atoms with van der Waals surface area (Å²) >= 11 is 0. The second-order valence-corrected chi connectivity index (χ2v) is 8.75. The van der Waals surface area contributed by atoms with E-state index in [1.807, 2.05) is 12.1 Å². The summed E-state index contributed by atoms with van der Waals surface area (Å²) in [4.78, 5) is 13.2. The SMILES string of the molecule is COc1cncc(C#Cc2nccc3cnc(Nc4ccc(S(C)(=O)=O)cc4)cc23)c1. The zero-order valence-corrected chi connectivity index (χ0v) is 17.6. The van der Waals surface area contributed by atoms with Crippen LogP contribution in [-0.2, 0) is 9.84 Å². The van der Waals surface area contributed by atoms with E-state index >= 15 is 0 Å². The van der Waals surface area contributed by atoms with Crippen molar-refractivity contribution in [2.45, 2.75) is 4.90 Å². The number of sulfone groups is 1. The third kappa shape index (κ3) is 4.79. The Balaban J connectivity index is 1.65. The molecule has 4 aromatic rings. The lowest BCUT2D eigenvalue weighted by molar-refractivity contribution is 0.413. The van der Waals surface area contributed by atoms with Crippen molar-refractivity contribution in [3.63, 3.8) is 0 Å². The van der Waals surface area contributed by atoms with Gasteiger partial charge in [0.05, 0.1) is 18.2 Å². The Morgan fingerprint density at radius 2 is 1.77 bits per heavy atom. The van der Waals surface area contributed by atoms with Crippen LogP contribution < -0.4 is 10.1 Å². The number of hydrogen-bond acceptors (Lipinski definition) is 7. The average Bonchev–Trinajstić information content (AvgIpc) is 2.77. The molecule has 0 bridgehead atoms. The number of nitrogens with zero attached hydrogens (tertiary/aromatic N) is 3. The molecule has 3 heterocycles. The molecule has 0 unspecified atom stereocenters. The second kappa shape index (κ2) is 8.42. The number of rotatable bonds is 4. The predicted molar refractivity (Wildman–Crippen MR) is 119 cm³/mol. The minimum absolute atomic E-state index is 0.262. The zero-order valence-electron chi connectivity index (χ0n) is 16.8. The molecule has 1 N–H and O–H groups in total. The summed E-state index contributed by atoms with van der Waals surface area (Å²) < 4.78 is 28.4. The fourth-order valence-electron chi connectivity index (χ4n) is 2.90. The van der Waals surface area contributed by atoms with Gasteiger partial charge in [-0.05, 0) is 48.4 Å². The number of benzene rings is 1. The van der Waals surface area contributed by atoms with E-state index in [1.54, 1.807) is 62.2 Å². The van der Waals surface area contributed by atoms with Crippen LogP contribution >= 0.6 is 0 Å². The molecule has 0 aliphatic heterocycles. The van der Waals surface area contributed by atoms with E-state index in [0.29, 0.717) is 17.3 Å². The van der Waals surface area contributed by atoms with Gasteiger partial charge in [0.2, 0.25) is 0 Å². The van der Waals surface area contributed by atoms with Crippen molar-refractivity contribution in [3.05, 3.63) is 78.5 Å². The first-order valence-corrected chi connectivity index (χ1v) is 11.1. The Morgan fingerprint density at radius 3 is 2.52 bits per heavy atom. The molecule has 31 heavy (non-hydrogen) atoms. The van der Waals surface area contributed by atoms with Gasteiger partial charge >= 0.3 is 0 Å². The molecule has 3 aromatic heterocycles. The predicted octanol–water partition coefficient (Wildman–Crippen LogP) is 3.58. The summed E-state index contributed by atoms with van der Waals surface area (Å²) in [5.41, 5.74) is 2.05. The van der Waals surface area contributed by atoms with Gasteiger partial charge in [0.25, 0.3) is 0 Å². The first kappa shape index (κ1) is 20.3. The van der Waals surface area contributed by atoms with Gasteiger partial charge in [-0.3, -0.25) is 4.98 Å². The van der Waals surface area contributed by atoms with E-state index in [-0.39, 0.29) is 4.90 Å². The van der Waals surface area contributed by atoms with Crippen LogP contribution in [0, 0.1) is 11.8 Å². The van der Waals surface area contributed by atoms with Gasteiger partial charge in [0.15, 0.2) is 9.84 Å². The van der Waals surface area contributed by atoms with Crippen LogP contribution in [0.4, 0.5) is 11.5 Å². The highest BCUT2D eigenvalue weighted by Crippen LogP contribution is 2.22. The van der Waals surface area contributed by atoms with Gasteiger partial charge in [-0.15, -0.1) is 0 Å². The average molecular weight is 430 g/mol. The van der Waals surface area contributed by atoms with E-state index in [4.69, 9.17) is 4.74 Å². The Hall–Kier alpha value is -3.96. The number of hydrogen-bond donors (Lipinski definition) is 1. The van der Waals surface area contributed by atoms with Crippen LogP contribution in [0.5, 0.6) is 5.75 Å². The van der Waals surface area contributed by atoms with Crippen molar-refractivity contribution >= 4 is 32.1 Å². The summed E-state index contributed by atoms with van der Waals surface area (Å²) in [6.07, 6.45) is 7.89. The van der Waals surface area contributed by atoms with Crippen molar-refractivity contribution < 1.29 is 13.2 Å². The standard InChI is InChI=1S/C23H18N4O3S/c1-30-19-11-16(13-24-15-19)3-8-22-21-12-23(26-14-17(21)9-10-25-22)27-18-4-6-20(7-5-18)31(2,28)29/h4-7,9-15H,1-2H3,(H,26,27). The first-order chi connectivity index (χ1) is 14.9. The van der Waals surface area contributed by atoms with Gasteiger partial charge in [0, 0.05) is 46.9 Å². The fourth-order valence-corrected chi connectivity index (χ4v) is 3.53. The molecule has 0 spiro atoms. The third-order valence-electron chi connectivity index (χ3n) is 4.48. The molecule has 0 amide bonds. The molecular weight excluding hydrogens is 412 g/mol. The lowest BCUT2D eigenvalue weighted by atomic mass is 10.1. The second-order valence-electron chi connectivity index (χ2n) is 6.74. The van der Waals surface area contributed by atoms with E-state index in [0.717, 1.165) is 22.0 Å². The number of aromatic nitrogens is 3. The quantitative estimate of drug-likeness (QED) is 0.495. The normalized spacial score (nSPS) is 10.9. The molecule has 0 saturated heterocycles. The largest absolute Gasteiger partial charge is 0.495 e. The van der Waals surface area contributed by atoms with Crippen molar-refractivity contribution in [3.8, 4) is 17.6 Å². The Labute approximate surface area is 180 Å². The van der Waals surface area contributed by atoms with Crippen molar-refractivity contribution in [1.29, 1.82) is 0 Å². The Kier molecular flexibility index (Phi) is 5.52. The van der Waals surface area contributed by atoms with Gasteiger partial charge in [-0.1, -0.05) is 5.92 Å². The van der Waals surface area contributed by atoms with E-state index in [9.17, 15) is 8.42 Å². The third-order valence-corrected chi connectivity index (χ3v) is 5.61. The van der Waals surface area contributed by atoms with Crippen LogP contribution in [0.15, 0.2) is 72.1 Å². The van der Waals surface area contributed by atoms with Crippen LogP contribution in [0.25, 0.3) is 10.8 Å². The number of ether oxygens (including phenoxy) is 1. The first-order valence-electron chi connectivity index (χ1n) is 9.25. The van der Waals surface area contributed by atoms with Crippen LogP contribution in [0.2, 0.25) is 0 Å². The van der Waals surface area contributed by atoms with Gasteiger partial charge in [-0.2, -0.15) is 0 Å². The minimum Gasteiger partial charge on any atom is -0.495 e. The molecular formula is C23H18N4O3S. The molecule has 154 valence electrons. The molecule has 0 saturated carbocycles. The van der Waals surface area contributed by atoms with Gasteiger partial charge in [0.1, 0.15) is 17.3 Å². The van der Waals surface area contributed by atoms with Crippen molar-refractivity contribution in [2.75, 3.05) is 18.7 Å². The zero-order chi connectivity index (χ0) is 21.8. The molecule has 7 nitrogen and oxygen atoms in total. The molecule has 0 radical (unpaired) electrons.